The third kappa shape index (κ3) is 1.42. The van der Waals surface area contributed by atoms with E-state index in [0.29, 0.717) is 0 Å². The molecule has 9 heavy (non-hydrogen) atoms. The molecular weight excluding hydrogens is 134 g/mol. The predicted octanol–water partition coefficient (Wildman–Crippen LogP) is 0.837. The van der Waals surface area contributed by atoms with Crippen molar-refractivity contribution in [2.24, 2.45) is 0 Å². The van der Waals surface area contributed by atoms with Crippen LogP contribution in [0, 0.1) is 0 Å². The second-order valence-electron chi connectivity index (χ2n) is 1.88. The second-order valence-corrected chi connectivity index (χ2v) is 2.29. The molecule has 1 heterocycles. The Kier molecular flexibility index (Phi) is 2.05. The monoisotopic (exact) mass is 143 g/mol. The van der Waals surface area contributed by atoms with Gasteiger partial charge in [-0.1, -0.05) is 12.2 Å². The van der Waals surface area contributed by atoms with Gasteiger partial charge in [0.25, 0.3) is 0 Å². The Bertz CT molecular complexity index is 153. The van der Waals surface area contributed by atoms with E-state index in [1.807, 2.05) is 0 Å². The molecule has 1 rings (SSSR count). The van der Waals surface area contributed by atoms with Crippen molar-refractivity contribution in [2.45, 2.75) is 6.42 Å². The van der Waals surface area contributed by atoms with E-state index in [4.69, 9.17) is 17.0 Å². The maximum Gasteiger partial charge on any atom is 0.105 e. The van der Waals surface area contributed by atoms with Gasteiger partial charge in [-0.3, -0.25) is 0 Å². The summed E-state index contributed by atoms with van der Waals surface area (Å²) in [5.74, 6) is 0. The third-order valence-electron chi connectivity index (χ3n) is 1.23. The van der Waals surface area contributed by atoms with Crippen LogP contribution in [0.4, 0.5) is 0 Å². The second kappa shape index (κ2) is 2.82. The molecule has 0 bridgehead atoms. The van der Waals surface area contributed by atoms with Crippen molar-refractivity contribution in [1.82, 2.24) is 5.32 Å². The quantitative estimate of drug-likeness (QED) is 0.334. The number of ether oxygens (including phenoxy) is 1. The number of rotatable bonds is 1. The van der Waals surface area contributed by atoms with Gasteiger partial charge in [-0.2, -0.15) is 0 Å². The van der Waals surface area contributed by atoms with Crippen LogP contribution in [0.1, 0.15) is 6.42 Å². The van der Waals surface area contributed by atoms with E-state index in [1.165, 1.54) is 0 Å². The van der Waals surface area contributed by atoms with E-state index in [2.05, 4.69) is 5.32 Å². The average Bonchev–Trinajstić information content (AvgIpc) is 2.18. The fourth-order valence-electron chi connectivity index (χ4n) is 0.792. The van der Waals surface area contributed by atoms with E-state index >= 15 is 0 Å². The number of hydrogen-bond donors (Lipinski definition) is 1. The molecule has 1 fully saturated rings. The minimum absolute atomic E-state index is 0.830. The Hall–Kier alpha value is -0.570. The van der Waals surface area contributed by atoms with Gasteiger partial charge in [0.05, 0.1) is 13.4 Å². The molecule has 0 spiro atoms. The lowest BCUT2D eigenvalue weighted by molar-refractivity contribution is 0.335. The zero-order valence-electron chi connectivity index (χ0n) is 5.31. The lowest BCUT2D eigenvalue weighted by Crippen LogP contribution is -2.11. The van der Waals surface area contributed by atoms with Crippen LogP contribution in [0.25, 0.3) is 0 Å². The van der Waals surface area contributed by atoms with Crippen LogP contribution in [0.3, 0.4) is 0 Å². The molecule has 2 nitrogen and oxygen atoms in total. The summed E-state index contributed by atoms with van der Waals surface area (Å²) in [6.45, 7) is 0.952. The lowest BCUT2D eigenvalue weighted by atomic mass is 10.3. The van der Waals surface area contributed by atoms with E-state index in [-0.39, 0.29) is 0 Å². The molecule has 0 aromatic heterocycles. The zero-order valence-corrected chi connectivity index (χ0v) is 6.12. The lowest BCUT2D eigenvalue weighted by Gasteiger charge is -1.93. The molecule has 3 heteroatoms. The molecule has 0 radical (unpaired) electrons. The van der Waals surface area contributed by atoms with Gasteiger partial charge in [0.2, 0.25) is 0 Å². The number of hydrogen-bond acceptors (Lipinski definition) is 2. The molecule has 1 saturated heterocycles. The summed E-state index contributed by atoms with van der Waals surface area (Å²) in [7, 11) is 1.63. The van der Waals surface area contributed by atoms with Crippen molar-refractivity contribution in [1.29, 1.82) is 0 Å². The number of methoxy groups -OCH3 is 1. The van der Waals surface area contributed by atoms with Crippen LogP contribution >= 0.6 is 12.2 Å². The standard InChI is InChI=1S/C6H9NOS/c1-8-4-5-2-3-7-6(5)9/h4H,2-3H2,1H3,(H,7,9). The molecule has 0 unspecified atom stereocenters. The first-order valence-corrected chi connectivity index (χ1v) is 3.25. The average molecular weight is 143 g/mol. The SMILES string of the molecule is COC=C1CCNC1=S. The van der Waals surface area contributed by atoms with Crippen molar-refractivity contribution in [3.05, 3.63) is 11.8 Å². The van der Waals surface area contributed by atoms with E-state index in [0.717, 1.165) is 23.5 Å². The normalized spacial score (nSPS) is 22.3. The van der Waals surface area contributed by atoms with Crippen LogP contribution in [-0.4, -0.2) is 18.6 Å². The third-order valence-corrected chi connectivity index (χ3v) is 1.64. The van der Waals surface area contributed by atoms with Gasteiger partial charge in [0.1, 0.15) is 4.99 Å². The highest BCUT2D eigenvalue weighted by Crippen LogP contribution is 2.08. The Morgan fingerprint density at radius 1 is 1.78 bits per heavy atom. The summed E-state index contributed by atoms with van der Waals surface area (Å²) in [6, 6.07) is 0. The Morgan fingerprint density at radius 2 is 2.56 bits per heavy atom. The molecule has 1 aliphatic rings. The van der Waals surface area contributed by atoms with E-state index in [1.54, 1.807) is 13.4 Å². The van der Waals surface area contributed by atoms with Gasteiger partial charge < -0.3 is 10.1 Å². The van der Waals surface area contributed by atoms with Crippen molar-refractivity contribution in [3.63, 3.8) is 0 Å². The fraction of sp³-hybridized carbons (Fsp3) is 0.500. The molecule has 0 aromatic rings. The van der Waals surface area contributed by atoms with Crippen molar-refractivity contribution < 1.29 is 4.74 Å². The van der Waals surface area contributed by atoms with Crippen molar-refractivity contribution in [3.8, 4) is 0 Å². The molecular formula is C6H9NOS. The number of nitrogens with one attached hydrogen (secondary N) is 1. The highest BCUT2D eigenvalue weighted by atomic mass is 32.1. The summed E-state index contributed by atoms with van der Waals surface area (Å²) in [5.41, 5.74) is 1.10. The van der Waals surface area contributed by atoms with E-state index < -0.39 is 0 Å². The van der Waals surface area contributed by atoms with Crippen molar-refractivity contribution >= 4 is 17.2 Å². The summed E-state index contributed by atoms with van der Waals surface area (Å²) in [5, 5.41) is 3.04. The summed E-state index contributed by atoms with van der Waals surface area (Å²) in [4.78, 5) is 0.830. The Morgan fingerprint density at radius 3 is 3.00 bits per heavy atom. The maximum absolute atomic E-state index is 4.95. The highest BCUT2D eigenvalue weighted by molar-refractivity contribution is 7.80. The van der Waals surface area contributed by atoms with E-state index in [9.17, 15) is 0 Å². The zero-order chi connectivity index (χ0) is 6.69. The van der Waals surface area contributed by atoms with Gasteiger partial charge in [0.15, 0.2) is 0 Å². The van der Waals surface area contributed by atoms with Crippen LogP contribution in [0.2, 0.25) is 0 Å². The topological polar surface area (TPSA) is 21.3 Å². The molecule has 0 saturated carbocycles. The van der Waals surface area contributed by atoms with Crippen LogP contribution in [0.15, 0.2) is 11.8 Å². The molecule has 50 valence electrons. The molecule has 0 atom stereocenters. The summed E-state index contributed by atoms with van der Waals surface area (Å²) >= 11 is 4.95. The Labute approximate surface area is 59.9 Å². The van der Waals surface area contributed by atoms with Crippen LogP contribution in [-0.2, 0) is 4.74 Å². The minimum atomic E-state index is 0.830. The first-order valence-electron chi connectivity index (χ1n) is 2.84. The highest BCUT2D eigenvalue weighted by Gasteiger charge is 2.11. The molecule has 0 aromatic carbocycles. The van der Waals surface area contributed by atoms with Crippen LogP contribution < -0.4 is 5.32 Å². The van der Waals surface area contributed by atoms with Gasteiger partial charge >= 0.3 is 0 Å². The maximum atomic E-state index is 4.95. The smallest absolute Gasteiger partial charge is 0.105 e. The minimum Gasteiger partial charge on any atom is -0.504 e. The first kappa shape index (κ1) is 6.55. The number of thiocarbonyl (C=S) groups is 1. The van der Waals surface area contributed by atoms with Crippen LogP contribution in [0.5, 0.6) is 0 Å². The van der Waals surface area contributed by atoms with Crippen molar-refractivity contribution in [2.75, 3.05) is 13.7 Å². The molecule has 1 aliphatic heterocycles. The molecule has 0 aliphatic carbocycles. The van der Waals surface area contributed by atoms with Gasteiger partial charge in [-0.15, -0.1) is 0 Å². The molecule has 0 amide bonds. The van der Waals surface area contributed by atoms with Gasteiger partial charge in [-0.05, 0) is 6.42 Å². The summed E-state index contributed by atoms with van der Waals surface area (Å²) in [6.07, 6.45) is 2.69. The molecule has 1 N–H and O–H groups in total. The van der Waals surface area contributed by atoms with Gasteiger partial charge in [0, 0.05) is 12.1 Å². The predicted molar refractivity (Wildman–Crippen MR) is 40.3 cm³/mol. The first-order chi connectivity index (χ1) is 4.34. The summed E-state index contributed by atoms with van der Waals surface area (Å²) < 4.78 is 4.81. The Balaban J connectivity index is 2.59. The van der Waals surface area contributed by atoms with Gasteiger partial charge in [-0.25, -0.2) is 0 Å². The fourth-order valence-corrected chi connectivity index (χ4v) is 1.04. The largest absolute Gasteiger partial charge is 0.504 e.